The Kier molecular flexibility index (Phi) is 6.84. The first-order valence-corrected chi connectivity index (χ1v) is 8.62. The summed E-state index contributed by atoms with van der Waals surface area (Å²) in [7, 11) is 1.54. The van der Waals surface area contributed by atoms with Crippen LogP contribution in [0, 0.1) is 13.8 Å². The number of aryl methyl sites for hydroxylation is 2. The van der Waals surface area contributed by atoms with Gasteiger partial charge in [-0.3, -0.25) is 4.79 Å². The monoisotopic (exact) mass is 424 g/mol. The topological polar surface area (TPSA) is 59.9 Å². The Morgan fingerprint density at radius 2 is 2.08 bits per heavy atom. The van der Waals surface area contributed by atoms with Crippen LogP contribution in [0.3, 0.4) is 0 Å². The van der Waals surface area contributed by atoms with Crippen molar-refractivity contribution in [2.75, 3.05) is 13.7 Å². The maximum Gasteiger partial charge on any atom is 0.277 e. The number of hydrogen-bond acceptors (Lipinski definition) is 4. The van der Waals surface area contributed by atoms with Gasteiger partial charge in [0.1, 0.15) is 11.5 Å². The molecule has 2 aromatic rings. The van der Waals surface area contributed by atoms with Gasteiger partial charge in [0.2, 0.25) is 0 Å². The number of ether oxygens (including phenoxy) is 2. The van der Waals surface area contributed by atoms with E-state index in [1.165, 1.54) is 6.21 Å². The van der Waals surface area contributed by atoms with Crippen molar-refractivity contribution in [2.24, 2.45) is 5.10 Å². The number of carbonyl (C=O) groups is 1. The minimum absolute atomic E-state index is 0.136. The van der Waals surface area contributed by atoms with Crippen LogP contribution < -0.4 is 14.9 Å². The number of nitrogens with zero attached hydrogens (tertiary/aromatic N) is 1. The molecule has 0 aliphatic heterocycles. The van der Waals surface area contributed by atoms with E-state index in [1.807, 2.05) is 26.0 Å². The van der Waals surface area contributed by atoms with Crippen LogP contribution in [0.2, 0.25) is 5.02 Å². The fraction of sp³-hybridized carbons (Fsp3) is 0.222. The molecule has 1 amide bonds. The van der Waals surface area contributed by atoms with E-state index in [-0.39, 0.29) is 12.5 Å². The summed E-state index contributed by atoms with van der Waals surface area (Å²) in [6.45, 7) is 3.79. The first-order chi connectivity index (χ1) is 11.9. The highest BCUT2D eigenvalue weighted by atomic mass is 79.9. The first-order valence-electron chi connectivity index (χ1n) is 7.45. The SMILES string of the molecule is COc1ccc(C=NNC(=O)COc2c(C)cc(C)cc2Br)cc1Cl. The van der Waals surface area contributed by atoms with E-state index in [2.05, 4.69) is 26.5 Å². The van der Waals surface area contributed by atoms with Gasteiger partial charge >= 0.3 is 0 Å². The zero-order chi connectivity index (χ0) is 18.4. The number of benzene rings is 2. The van der Waals surface area contributed by atoms with Gasteiger partial charge in [-0.15, -0.1) is 0 Å². The van der Waals surface area contributed by atoms with E-state index in [4.69, 9.17) is 21.1 Å². The van der Waals surface area contributed by atoms with Gasteiger partial charge in [-0.2, -0.15) is 5.10 Å². The summed E-state index contributed by atoms with van der Waals surface area (Å²) in [5.74, 6) is 0.865. The lowest BCUT2D eigenvalue weighted by Crippen LogP contribution is -2.24. The van der Waals surface area contributed by atoms with Crippen LogP contribution in [-0.4, -0.2) is 25.8 Å². The molecule has 2 aromatic carbocycles. The number of halogens is 2. The summed E-state index contributed by atoms with van der Waals surface area (Å²) in [5.41, 5.74) is 5.23. The zero-order valence-electron chi connectivity index (χ0n) is 14.1. The normalized spacial score (nSPS) is 10.8. The molecule has 0 fully saturated rings. The molecule has 1 N–H and O–H groups in total. The number of amides is 1. The minimum Gasteiger partial charge on any atom is -0.495 e. The molecule has 132 valence electrons. The zero-order valence-corrected chi connectivity index (χ0v) is 16.4. The fourth-order valence-corrected chi connectivity index (χ4v) is 3.25. The van der Waals surface area contributed by atoms with Gasteiger partial charge in [-0.1, -0.05) is 17.7 Å². The predicted octanol–water partition coefficient (Wildman–Crippen LogP) is 4.26. The Morgan fingerprint density at radius 3 is 2.72 bits per heavy atom. The van der Waals surface area contributed by atoms with Crippen LogP contribution in [0.1, 0.15) is 16.7 Å². The Hall–Kier alpha value is -2.05. The van der Waals surface area contributed by atoms with Gasteiger partial charge in [0.05, 0.1) is 22.8 Å². The number of methoxy groups -OCH3 is 1. The summed E-state index contributed by atoms with van der Waals surface area (Å²) < 4.78 is 11.5. The Bertz CT molecular complexity index is 786. The summed E-state index contributed by atoms with van der Waals surface area (Å²) in [4.78, 5) is 11.9. The molecule has 0 aliphatic rings. The molecule has 0 spiro atoms. The molecule has 2 rings (SSSR count). The predicted molar refractivity (Wildman–Crippen MR) is 103 cm³/mol. The number of hydrogen-bond donors (Lipinski definition) is 1. The molecule has 0 atom stereocenters. The Labute approximate surface area is 160 Å². The largest absolute Gasteiger partial charge is 0.495 e. The van der Waals surface area contributed by atoms with E-state index in [0.717, 1.165) is 21.2 Å². The number of rotatable bonds is 6. The molecule has 7 heteroatoms. The molecule has 25 heavy (non-hydrogen) atoms. The van der Waals surface area contributed by atoms with Crippen molar-refractivity contribution in [3.63, 3.8) is 0 Å². The van der Waals surface area contributed by atoms with Crippen molar-refractivity contribution in [3.8, 4) is 11.5 Å². The van der Waals surface area contributed by atoms with Gasteiger partial charge in [0.25, 0.3) is 5.91 Å². The van der Waals surface area contributed by atoms with Crippen LogP contribution in [0.4, 0.5) is 0 Å². The molecule has 0 aliphatic carbocycles. The molecule has 0 unspecified atom stereocenters. The quantitative estimate of drug-likeness (QED) is 0.556. The highest BCUT2D eigenvalue weighted by Gasteiger charge is 2.09. The van der Waals surface area contributed by atoms with Gasteiger partial charge < -0.3 is 9.47 Å². The van der Waals surface area contributed by atoms with Gasteiger partial charge in [0, 0.05) is 0 Å². The molecular weight excluding hydrogens is 408 g/mol. The van der Waals surface area contributed by atoms with E-state index in [0.29, 0.717) is 16.5 Å². The number of hydrazone groups is 1. The van der Waals surface area contributed by atoms with Crippen LogP contribution in [0.25, 0.3) is 0 Å². The Morgan fingerprint density at radius 1 is 1.32 bits per heavy atom. The van der Waals surface area contributed by atoms with Crippen molar-refractivity contribution >= 4 is 39.7 Å². The third-order valence-corrected chi connectivity index (χ3v) is 4.18. The van der Waals surface area contributed by atoms with E-state index in [9.17, 15) is 4.79 Å². The highest BCUT2D eigenvalue weighted by Crippen LogP contribution is 2.30. The van der Waals surface area contributed by atoms with Crippen LogP contribution in [-0.2, 0) is 4.79 Å². The van der Waals surface area contributed by atoms with Gasteiger partial charge in [-0.25, -0.2) is 5.43 Å². The molecule has 0 saturated carbocycles. The van der Waals surface area contributed by atoms with Crippen molar-refractivity contribution in [1.82, 2.24) is 5.43 Å². The lowest BCUT2D eigenvalue weighted by Gasteiger charge is -2.11. The molecule has 0 aromatic heterocycles. The summed E-state index contributed by atoms with van der Waals surface area (Å²) in [6, 6.07) is 9.13. The minimum atomic E-state index is -0.359. The molecule has 0 saturated heterocycles. The number of carbonyl (C=O) groups excluding carboxylic acids is 1. The molecule has 0 bridgehead atoms. The standard InChI is InChI=1S/C18H18BrClN2O3/c1-11-6-12(2)18(14(19)7-11)25-10-17(23)22-21-9-13-4-5-16(24-3)15(20)8-13/h4-9H,10H2,1-3H3,(H,22,23). The van der Waals surface area contributed by atoms with E-state index < -0.39 is 0 Å². The fourth-order valence-electron chi connectivity index (χ4n) is 2.20. The van der Waals surface area contributed by atoms with Crippen LogP contribution >= 0.6 is 27.5 Å². The van der Waals surface area contributed by atoms with E-state index >= 15 is 0 Å². The van der Waals surface area contributed by atoms with Gasteiger partial charge in [0.15, 0.2) is 6.61 Å². The van der Waals surface area contributed by atoms with Crippen molar-refractivity contribution in [2.45, 2.75) is 13.8 Å². The molecular formula is C18H18BrClN2O3. The van der Waals surface area contributed by atoms with Crippen LogP contribution in [0.15, 0.2) is 39.9 Å². The maximum atomic E-state index is 11.9. The summed E-state index contributed by atoms with van der Waals surface area (Å²) in [6.07, 6.45) is 1.50. The third kappa shape index (κ3) is 5.47. The van der Waals surface area contributed by atoms with Crippen molar-refractivity contribution in [1.29, 1.82) is 0 Å². The summed E-state index contributed by atoms with van der Waals surface area (Å²) >= 11 is 9.47. The highest BCUT2D eigenvalue weighted by molar-refractivity contribution is 9.10. The lowest BCUT2D eigenvalue weighted by atomic mass is 10.1. The molecule has 5 nitrogen and oxygen atoms in total. The van der Waals surface area contributed by atoms with E-state index in [1.54, 1.807) is 25.3 Å². The maximum absolute atomic E-state index is 11.9. The van der Waals surface area contributed by atoms with Gasteiger partial charge in [-0.05, 0) is 70.7 Å². The number of nitrogens with one attached hydrogen (secondary N) is 1. The lowest BCUT2D eigenvalue weighted by molar-refractivity contribution is -0.123. The Balaban J connectivity index is 1.90. The summed E-state index contributed by atoms with van der Waals surface area (Å²) in [5, 5.41) is 4.37. The third-order valence-electron chi connectivity index (χ3n) is 3.30. The first kappa shape index (κ1) is 19.3. The smallest absolute Gasteiger partial charge is 0.277 e. The van der Waals surface area contributed by atoms with Crippen molar-refractivity contribution < 1.29 is 14.3 Å². The second-order valence-electron chi connectivity index (χ2n) is 5.37. The second-order valence-corrected chi connectivity index (χ2v) is 6.63. The van der Waals surface area contributed by atoms with Crippen molar-refractivity contribution in [3.05, 3.63) is 56.5 Å². The van der Waals surface area contributed by atoms with Crippen LogP contribution in [0.5, 0.6) is 11.5 Å². The average Bonchev–Trinajstić information content (AvgIpc) is 2.54. The molecule has 0 heterocycles. The molecule has 0 radical (unpaired) electrons. The second kappa shape index (κ2) is 8.87. The average molecular weight is 426 g/mol.